The number of urea groups is 1. The van der Waals surface area contributed by atoms with Crippen LogP contribution in [0, 0.1) is 0 Å². The quantitative estimate of drug-likeness (QED) is 0.659. The fraction of sp³-hybridized carbons (Fsp3) is 0.389. The molecule has 1 aromatic carbocycles. The lowest BCUT2D eigenvalue weighted by atomic mass is 10.3. The topological polar surface area (TPSA) is 90.0 Å². The molecule has 0 radical (unpaired) electrons. The summed E-state index contributed by atoms with van der Waals surface area (Å²) in [5.74, 6) is 0.240. The van der Waals surface area contributed by atoms with E-state index in [4.69, 9.17) is 9.47 Å². The van der Waals surface area contributed by atoms with Crippen LogP contribution in [0.15, 0.2) is 29.6 Å². The van der Waals surface area contributed by atoms with Gasteiger partial charge in [0.25, 0.3) is 0 Å². The molecular formula is C18H23N3O5S. The zero-order valence-corrected chi connectivity index (χ0v) is 16.4. The molecule has 1 heterocycles. The zero-order valence-electron chi connectivity index (χ0n) is 15.6. The maximum absolute atomic E-state index is 12.6. The number of nitrogens with zero attached hydrogens (tertiary/aromatic N) is 2. The Bertz CT molecular complexity index is 748. The monoisotopic (exact) mass is 393 g/mol. The molecule has 2 aromatic rings. The molecule has 0 spiro atoms. The van der Waals surface area contributed by atoms with E-state index >= 15 is 0 Å². The van der Waals surface area contributed by atoms with E-state index < -0.39 is 5.97 Å². The van der Waals surface area contributed by atoms with Crippen molar-refractivity contribution in [3.8, 4) is 5.75 Å². The molecule has 1 N–H and O–H groups in total. The van der Waals surface area contributed by atoms with Gasteiger partial charge in [0, 0.05) is 24.7 Å². The first kappa shape index (κ1) is 20.7. The van der Waals surface area contributed by atoms with Gasteiger partial charge in [-0.05, 0) is 31.2 Å². The third kappa shape index (κ3) is 6.22. The van der Waals surface area contributed by atoms with Crippen LogP contribution in [0.4, 0.5) is 10.5 Å². The van der Waals surface area contributed by atoms with Gasteiger partial charge in [0.15, 0.2) is 5.69 Å². The Morgan fingerprint density at radius 3 is 2.59 bits per heavy atom. The summed E-state index contributed by atoms with van der Waals surface area (Å²) in [4.78, 5) is 30.0. The molecule has 0 saturated carbocycles. The summed E-state index contributed by atoms with van der Waals surface area (Å²) in [6.45, 7) is 3.51. The number of thiazole rings is 1. The summed E-state index contributed by atoms with van der Waals surface area (Å²) < 4.78 is 15.1. The Balaban J connectivity index is 2.04. The molecule has 0 bridgehead atoms. The van der Waals surface area contributed by atoms with Gasteiger partial charge >= 0.3 is 12.0 Å². The zero-order chi connectivity index (χ0) is 19.6. The van der Waals surface area contributed by atoms with Crippen LogP contribution in [0.1, 0.15) is 22.4 Å². The van der Waals surface area contributed by atoms with Crippen LogP contribution < -0.4 is 10.1 Å². The fourth-order valence-electron chi connectivity index (χ4n) is 2.20. The van der Waals surface area contributed by atoms with Crippen LogP contribution in [-0.4, -0.2) is 55.9 Å². The van der Waals surface area contributed by atoms with Crippen LogP contribution in [-0.2, 0) is 16.0 Å². The van der Waals surface area contributed by atoms with E-state index in [2.05, 4.69) is 15.0 Å². The lowest BCUT2D eigenvalue weighted by Gasteiger charge is -2.22. The third-order valence-electron chi connectivity index (χ3n) is 3.54. The van der Waals surface area contributed by atoms with Crippen molar-refractivity contribution in [3.63, 3.8) is 0 Å². The van der Waals surface area contributed by atoms with Gasteiger partial charge in [-0.2, -0.15) is 0 Å². The van der Waals surface area contributed by atoms with Crippen molar-refractivity contribution in [2.75, 3.05) is 39.3 Å². The van der Waals surface area contributed by atoms with Crippen LogP contribution in [0.5, 0.6) is 5.75 Å². The number of carbonyl (C=O) groups is 2. The molecule has 146 valence electrons. The number of rotatable bonds is 9. The fourth-order valence-corrected chi connectivity index (χ4v) is 2.98. The van der Waals surface area contributed by atoms with Crippen LogP contribution >= 0.6 is 11.3 Å². The molecule has 27 heavy (non-hydrogen) atoms. The van der Waals surface area contributed by atoms with Crippen molar-refractivity contribution in [1.29, 1.82) is 0 Å². The number of ether oxygens (including phenoxy) is 3. The second kappa shape index (κ2) is 10.5. The molecule has 0 aliphatic carbocycles. The first-order valence-electron chi connectivity index (χ1n) is 8.37. The van der Waals surface area contributed by atoms with Crippen LogP contribution in [0.3, 0.4) is 0 Å². The molecule has 0 aliphatic rings. The van der Waals surface area contributed by atoms with Crippen LogP contribution in [0.2, 0.25) is 0 Å². The minimum absolute atomic E-state index is 0.233. The van der Waals surface area contributed by atoms with Crippen molar-refractivity contribution in [1.82, 2.24) is 9.88 Å². The molecule has 2 rings (SSSR count). The van der Waals surface area contributed by atoms with Gasteiger partial charge in [0.05, 0.1) is 26.9 Å². The molecular weight excluding hydrogens is 370 g/mol. The number of nitrogens with one attached hydrogen (secondary N) is 1. The van der Waals surface area contributed by atoms with E-state index in [0.29, 0.717) is 30.5 Å². The smallest absolute Gasteiger partial charge is 0.357 e. The van der Waals surface area contributed by atoms with Crippen LogP contribution in [0.25, 0.3) is 0 Å². The number of methoxy groups -OCH3 is 2. The van der Waals surface area contributed by atoms with Crippen molar-refractivity contribution >= 4 is 29.0 Å². The van der Waals surface area contributed by atoms with Crippen molar-refractivity contribution < 1.29 is 23.8 Å². The molecule has 0 unspecified atom stereocenters. The largest absolute Gasteiger partial charge is 0.494 e. The second-order valence-corrected chi connectivity index (χ2v) is 6.36. The van der Waals surface area contributed by atoms with Gasteiger partial charge in [0.2, 0.25) is 0 Å². The predicted octanol–water partition coefficient (Wildman–Crippen LogP) is 3.01. The summed E-state index contributed by atoms with van der Waals surface area (Å²) in [6.07, 6.45) is 0. The summed E-state index contributed by atoms with van der Waals surface area (Å²) >= 11 is 1.30. The summed E-state index contributed by atoms with van der Waals surface area (Å²) in [7, 11) is 2.87. The Labute approximate surface area is 162 Å². The third-order valence-corrected chi connectivity index (χ3v) is 4.38. The van der Waals surface area contributed by atoms with Gasteiger partial charge in [-0.25, -0.2) is 14.6 Å². The van der Waals surface area contributed by atoms with E-state index in [1.807, 2.05) is 6.92 Å². The van der Waals surface area contributed by atoms with E-state index in [1.165, 1.54) is 18.4 Å². The number of hydrogen-bond acceptors (Lipinski definition) is 7. The normalized spacial score (nSPS) is 10.3. The molecule has 0 fully saturated rings. The highest BCUT2D eigenvalue weighted by atomic mass is 32.1. The Morgan fingerprint density at radius 1 is 1.22 bits per heavy atom. The number of esters is 1. The highest BCUT2D eigenvalue weighted by Crippen LogP contribution is 2.17. The van der Waals surface area contributed by atoms with Gasteiger partial charge in [0.1, 0.15) is 10.8 Å². The lowest BCUT2D eigenvalue weighted by Crippen LogP contribution is -2.36. The van der Waals surface area contributed by atoms with Crippen molar-refractivity contribution in [2.24, 2.45) is 0 Å². The molecule has 1 aromatic heterocycles. The minimum Gasteiger partial charge on any atom is -0.494 e. The Kier molecular flexibility index (Phi) is 8.02. The molecule has 0 atom stereocenters. The summed E-state index contributed by atoms with van der Waals surface area (Å²) in [6, 6.07) is 6.85. The number of carbonyl (C=O) groups excluding carboxylic acids is 2. The molecule has 0 aliphatic heterocycles. The molecule has 8 nitrogen and oxygen atoms in total. The van der Waals surface area contributed by atoms with E-state index in [0.717, 1.165) is 5.75 Å². The first-order chi connectivity index (χ1) is 13.1. The minimum atomic E-state index is -0.500. The Morgan fingerprint density at radius 2 is 1.96 bits per heavy atom. The number of anilines is 1. The number of aromatic nitrogens is 1. The highest BCUT2D eigenvalue weighted by Gasteiger charge is 2.18. The number of hydrogen-bond donors (Lipinski definition) is 1. The van der Waals surface area contributed by atoms with Gasteiger partial charge in [-0.15, -0.1) is 11.3 Å². The summed E-state index contributed by atoms with van der Waals surface area (Å²) in [5.41, 5.74) is 0.886. The average Bonchev–Trinajstić information content (AvgIpc) is 3.14. The lowest BCUT2D eigenvalue weighted by molar-refractivity contribution is 0.0594. The highest BCUT2D eigenvalue weighted by molar-refractivity contribution is 7.09. The van der Waals surface area contributed by atoms with Gasteiger partial charge in [-0.3, -0.25) is 0 Å². The number of benzene rings is 1. The van der Waals surface area contributed by atoms with Gasteiger partial charge < -0.3 is 24.4 Å². The summed E-state index contributed by atoms with van der Waals surface area (Å²) in [5, 5.41) is 5.09. The Hall–Kier alpha value is -2.65. The van der Waals surface area contributed by atoms with E-state index in [9.17, 15) is 9.59 Å². The molecule has 9 heteroatoms. The standard InChI is InChI=1S/C18H23N3O5S/c1-4-26-14-7-5-13(6-8-14)19-18(23)21(9-10-24-2)11-16-20-15(12-27-16)17(22)25-3/h5-8,12H,4,9-11H2,1-3H3,(H,19,23). The molecule has 2 amide bonds. The maximum Gasteiger partial charge on any atom is 0.357 e. The second-order valence-electron chi connectivity index (χ2n) is 5.42. The van der Waals surface area contributed by atoms with Gasteiger partial charge in [-0.1, -0.05) is 0 Å². The van der Waals surface area contributed by atoms with E-state index in [1.54, 1.807) is 41.7 Å². The predicted molar refractivity (Wildman–Crippen MR) is 102 cm³/mol. The first-order valence-corrected chi connectivity index (χ1v) is 9.25. The maximum atomic E-state index is 12.6. The molecule has 0 saturated heterocycles. The average molecular weight is 393 g/mol. The van der Waals surface area contributed by atoms with Crippen molar-refractivity contribution in [2.45, 2.75) is 13.5 Å². The number of amides is 2. The van der Waals surface area contributed by atoms with Crippen molar-refractivity contribution in [3.05, 3.63) is 40.3 Å². The van der Waals surface area contributed by atoms with E-state index in [-0.39, 0.29) is 18.3 Å². The SMILES string of the molecule is CCOc1ccc(NC(=O)N(CCOC)Cc2nc(C(=O)OC)cs2)cc1.